The maximum absolute atomic E-state index is 11.7. The summed E-state index contributed by atoms with van der Waals surface area (Å²) in [6.45, 7) is 2.04. The van der Waals surface area contributed by atoms with Crippen LogP contribution in [0.1, 0.15) is 24.0 Å². The van der Waals surface area contributed by atoms with Gasteiger partial charge in [0.15, 0.2) is 0 Å². The summed E-state index contributed by atoms with van der Waals surface area (Å²) >= 11 is 0. The summed E-state index contributed by atoms with van der Waals surface area (Å²) < 4.78 is 0. The van der Waals surface area contributed by atoms with Gasteiger partial charge in [-0.25, -0.2) is 0 Å². The van der Waals surface area contributed by atoms with E-state index in [4.69, 9.17) is 5.41 Å². The molecule has 1 amide bonds. The predicted octanol–water partition coefficient (Wildman–Crippen LogP) is 2.27. The Morgan fingerprint density at radius 3 is 2.93 bits per heavy atom. The zero-order valence-electron chi connectivity index (χ0n) is 8.79. The van der Waals surface area contributed by atoms with E-state index in [2.05, 4.69) is 6.07 Å². The van der Waals surface area contributed by atoms with Gasteiger partial charge in [-0.15, -0.1) is 0 Å². The van der Waals surface area contributed by atoms with Crippen LogP contribution in [-0.2, 0) is 11.2 Å². The Morgan fingerprint density at radius 2 is 2.20 bits per heavy atom. The van der Waals surface area contributed by atoms with Gasteiger partial charge in [-0.3, -0.25) is 15.1 Å². The van der Waals surface area contributed by atoms with Gasteiger partial charge < -0.3 is 0 Å². The normalized spacial score (nSPS) is 15.8. The molecule has 3 nitrogen and oxygen atoms in total. The minimum atomic E-state index is 0.0209. The van der Waals surface area contributed by atoms with Crippen molar-refractivity contribution in [1.82, 2.24) is 0 Å². The van der Waals surface area contributed by atoms with Gasteiger partial charge in [-0.05, 0) is 31.4 Å². The molecular formula is C12H14N2O. The Morgan fingerprint density at radius 1 is 1.40 bits per heavy atom. The van der Waals surface area contributed by atoms with Gasteiger partial charge in [-0.2, -0.15) is 0 Å². The van der Waals surface area contributed by atoms with Crippen LogP contribution in [0, 0.1) is 12.3 Å². The van der Waals surface area contributed by atoms with Crippen LogP contribution in [0.3, 0.4) is 0 Å². The van der Waals surface area contributed by atoms with Gasteiger partial charge in [0.2, 0.25) is 5.91 Å². The minimum absolute atomic E-state index is 0.0209. The third-order valence-electron chi connectivity index (χ3n) is 2.73. The summed E-state index contributed by atoms with van der Waals surface area (Å²) in [5.41, 5.74) is 3.25. The van der Waals surface area contributed by atoms with E-state index in [1.807, 2.05) is 19.1 Å². The number of aryl methyl sites for hydroxylation is 2. The second kappa shape index (κ2) is 3.85. The molecule has 0 aliphatic carbocycles. The molecule has 1 aromatic carbocycles. The van der Waals surface area contributed by atoms with E-state index in [1.165, 1.54) is 16.0 Å². The van der Waals surface area contributed by atoms with E-state index < -0.39 is 0 Å². The van der Waals surface area contributed by atoms with Gasteiger partial charge in [-0.1, -0.05) is 17.7 Å². The first-order valence-corrected chi connectivity index (χ1v) is 5.14. The molecule has 0 spiro atoms. The van der Waals surface area contributed by atoms with Crippen molar-refractivity contribution in [2.75, 3.05) is 4.90 Å². The summed E-state index contributed by atoms with van der Waals surface area (Å²) in [5.74, 6) is 0.0209. The van der Waals surface area contributed by atoms with E-state index >= 15 is 0 Å². The molecule has 15 heavy (non-hydrogen) atoms. The first kappa shape index (κ1) is 9.90. The fourth-order valence-corrected chi connectivity index (χ4v) is 1.98. The van der Waals surface area contributed by atoms with E-state index in [1.54, 1.807) is 0 Å². The van der Waals surface area contributed by atoms with Crippen LogP contribution in [0.2, 0.25) is 0 Å². The number of nitrogens with zero attached hydrogens (tertiary/aromatic N) is 1. The predicted molar refractivity (Wildman–Crippen MR) is 60.4 cm³/mol. The van der Waals surface area contributed by atoms with Crippen LogP contribution in [0.25, 0.3) is 0 Å². The molecule has 1 aliphatic rings. The molecule has 0 unspecified atom stereocenters. The number of carbonyl (C=O) groups excluding carboxylic acids is 1. The summed E-state index contributed by atoms with van der Waals surface area (Å²) in [4.78, 5) is 13.1. The molecule has 0 aromatic heterocycles. The van der Waals surface area contributed by atoms with Gasteiger partial charge in [0.05, 0.1) is 12.0 Å². The van der Waals surface area contributed by atoms with Crippen molar-refractivity contribution < 1.29 is 4.79 Å². The molecule has 0 saturated heterocycles. The summed E-state index contributed by atoms with van der Waals surface area (Å²) in [6.07, 6.45) is 3.44. The minimum Gasteiger partial charge on any atom is -0.291 e. The molecule has 1 N–H and O–H groups in total. The number of amides is 1. The van der Waals surface area contributed by atoms with Crippen LogP contribution in [0.15, 0.2) is 18.2 Å². The molecule has 1 aromatic rings. The highest BCUT2D eigenvalue weighted by molar-refractivity contribution is 6.08. The third kappa shape index (κ3) is 1.77. The van der Waals surface area contributed by atoms with Gasteiger partial charge >= 0.3 is 0 Å². The standard InChI is InChI=1S/C12H14N2O/c1-9-5-6-11-10(7-9)3-2-4-12(15)14(11)8-13/h5-8,13H,2-4H2,1H3. The molecule has 0 atom stereocenters. The molecule has 1 aliphatic heterocycles. The maximum Gasteiger partial charge on any atom is 0.232 e. The van der Waals surface area contributed by atoms with Gasteiger partial charge in [0.1, 0.15) is 0 Å². The molecule has 0 fully saturated rings. The van der Waals surface area contributed by atoms with Crippen LogP contribution in [0.4, 0.5) is 5.69 Å². The van der Waals surface area contributed by atoms with E-state index in [-0.39, 0.29) is 5.91 Å². The fourth-order valence-electron chi connectivity index (χ4n) is 1.98. The second-order valence-corrected chi connectivity index (χ2v) is 3.88. The second-order valence-electron chi connectivity index (χ2n) is 3.88. The lowest BCUT2D eigenvalue weighted by Gasteiger charge is -2.17. The number of fused-ring (bicyclic) bond motifs is 1. The monoisotopic (exact) mass is 202 g/mol. The molecule has 0 bridgehead atoms. The number of carbonyl (C=O) groups is 1. The van der Waals surface area contributed by atoms with Crippen molar-refractivity contribution >= 4 is 17.9 Å². The van der Waals surface area contributed by atoms with Crippen LogP contribution in [0.5, 0.6) is 0 Å². The van der Waals surface area contributed by atoms with Crippen LogP contribution >= 0.6 is 0 Å². The van der Waals surface area contributed by atoms with E-state index in [0.717, 1.165) is 24.9 Å². The molecule has 78 valence electrons. The first-order valence-electron chi connectivity index (χ1n) is 5.14. The Kier molecular flexibility index (Phi) is 2.54. The van der Waals surface area contributed by atoms with Crippen molar-refractivity contribution in [3.05, 3.63) is 29.3 Å². The highest BCUT2D eigenvalue weighted by Crippen LogP contribution is 2.26. The lowest BCUT2D eigenvalue weighted by molar-refractivity contribution is -0.117. The van der Waals surface area contributed by atoms with Gasteiger partial charge in [0.25, 0.3) is 0 Å². The number of anilines is 1. The summed E-state index contributed by atoms with van der Waals surface area (Å²) in [6, 6.07) is 6.01. The smallest absolute Gasteiger partial charge is 0.232 e. The molecule has 0 saturated carbocycles. The van der Waals surface area contributed by atoms with Crippen molar-refractivity contribution in [2.24, 2.45) is 0 Å². The van der Waals surface area contributed by atoms with Crippen molar-refractivity contribution in [3.63, 3.8) is 0 Å². The van der Waals surface area contributed by atoms with E-state index in [0.29, 0.717) is 6.42 Å². The maximum atomic E-state index is 11.7. The highest BCUT2D eigenvalue weighted by Gasteiger charge is 2.20. The largest absolute Gasteiger partial charge is 0.291 e. The van der Waals surface area contributed by atoms with Crippen LogP contribution < -0.4 is 4.90 Å². The quantitative estimate of drug-likeness (QED) is 0.551. The third-order valence-corrected chi connectivity index (χ3v) is 2.73. The Hall–Kier alpha value is -1.64. The average molecular weight is 202 g/mol. The lowest BCUT2D eigenvalue weighted by Crippen LogP contribution is -2.28. The Bertz CT molecular complexity index is 412. The van der Waals surface area contributed by atoms with Crippen molar-refractivity contribution in [3.8, 4) is 0 Å². The van der Waals surface area contributed by atoms with E-state index in [9.17, 15) is 4.79 Å². The molecular weight excluding hydrogens is 188 g/mol. The number of hydrogen-bond donors (Lipinski definition) is 1. The zero-order valence-corrected chi connectivity index (χ0v) is 8.79. The summed E-state index contributed by atoms with van der Waals surface area (Å²) in [7, 11) is 0. The number of rotatable bonds is 1. The van der Waals surface area contributed by atoms with Gasteiger partial charge in [0, 0.05) is 6.42 Å². The Balaban J connectivity index is 2.52. The fraction of sp³-hybridized carbons (Fsp3) is 0.333. The molecule has 0 radical (unpaired) electrons. The van der Waals surface area contributed by atoms with Crippen molar-refractivity contribution in [2.45, 2.75) is 26.2 Å². The lowest BCUT2D eigenvalue weighted by atomic mass is 10.1. The zero-order chi connectivity index (χ0) is 10.8. The van der Waals surface area contributed by atoms with Crippen LogP contribution in [-0.4, -0.2) is 12.2 Å². The Labute approximate surface area is 89.2 Å². The number of hydrogen-bond acceptors (Lipinski definition) is 2. The van der Waals surface area contributed by atoms with Crippen molar-refractivity contribution in [1.29, 1.82) is 5.41 Å². The topological polar surface area (TPSA) is 44.2 Å². The number of benzene rings is 1. The SMILES string of the molecule is Cc1ccc2c(c1)CCCC(=O)N2C=N. The molecule has 2 rings (SSSR count). The average Bonchev–Trinajstić information content (AvgIpc) is 2.36. The highest BCUT2D eigenvalue weighted by atomic mass is 16.2. The summed E-state index contributed by atoms with van der Waals surface area (Å²) in [5, 5.41) is 7.29. The number of nitrogens with one attached hydrogen (secondary N) is 1. The molecule has 1 heterocycles. The molecule has 3 heteroatoms. The first-order chi connectivity index (χ1) is 7.22.